The molecule has 41 heavy (non-hydrogen) atoms. The van der Waals surface area contributed by atoms with Crippen molar-refractivity contribution >= 4 is 57.1 Å². The van der Waals surface area contributed by atoms with E-state index in [0.717, 1.165) is 28.4 Å². The van der Waals surface area contributed by atoms with Crippen molar-refractivity contribution in [3.05, 3.63) is 80.9 Å². The minimum Gasteiger partial charge on any atom is -0.387 e. The van der Waals surface area contributed by atoms with Gasteiger partial charge in [0.25, 0.3) is 5.91 Å². The summed E-state index contributed by atoms with van der Waals surface area (Å²) in [6.45, 7) is 1.65. The molecule has 4 atom stereocenters. The Bertz CT molecular complexity index is 1530. The van der Waals surface area contributed by atoms with Crippen LogP contribution in [-0.2, 0) is 22.5 Å². The van der Waals surface area contributed by atoms with Crippen molar-refractivity contribution in [3.8, 4) is 0 Å². The van der Waals surface area contributed by atoms with Gasteiger partial charge in [-0.05, 0) is 82.6 Å². The van der Waals surface area contributed by atoms with Gasteiger partial charge >= 0.3 is 0 Å². The number of imidazole rings is 1. The van der Waals surface area contributed by atoms with Crippen LogP contribution in [0.1, 0.15) is 30.2 Å². The van der Waals surface area contributed by atoms with E-state index in [1.807, 2.05) is 36.4 Å². The standard InChI is InChI=1S/C29H30ClIN6O4/c30-29-34-25(32-15-19-7-4-8-20(31)14-19)21-26(35-29)37(16-33-21)28-23(39)22(38)24(41-28)27(40)36-11-9-18(10-12-36)13-17-5-2-1-3-6-17/h1-8,14,16,18,22-24,28,38-39H,9-13,15H2,(H,32,34,35)/t22-,23+,24-,28+/m0/s1. The van der Waals surface area contributed by atoms with Crippen LogP contribution < -0.4 is 5.32 Å². The van der Waals surface area contributed by atoms with Crippen molar-refractivity contribution in [2.24, 2.45) is 5.92 Å². The smallest absolute Gasteiger partial charge is 0.254 e. The van der Waals surface area contributed by atoms with Crippen molar-refractivity contribution in [2.75, 3.05) is 18.4 Å². The molecular formula is C29H30ClIN6O4. The summed E-state index contributed by atoms with van der Waals surface area (Å²) in [5.41, 5.74) is 3.10. The topological polar surface area (TPSA) is 126 Å². The second-order valence-corrected chi connectivity index (χ2v) is 12.1. The normalized spacial score (nSPS) is 23.3. The van der Waals surface area contributed by atoms with E-state index in [4.69, 9.17) is 16.3 Å². The van der Waals surface area contributed by atoms with Gasteiger partial charge in [-0.2, -0.15) is 9.97 Å². The van der Waals surface area contributed by atoms with Crippen molar-refractivity contribution in [3.63, 3.8) is 0 Å². The van der Waals surface area contributed by atoms with E-state index in [-0.39, 0.29) is 11.2 Å². The maximum absolute atomic E-state index is 13.4. The first-order chi connectivity index (χ1) is 19.9. The molecule has 6 rings (SSSR count). The number of carbonyl (C=O) groups excluding carboxylic acids is 1. The lowest BCUT2D eigenvalue weighted by Crippen LogP contribution is -2.48. The van der Waals surface area contributed by atoms with Crippen LogP contribution in [0, 0.1) is 9.49 Å². The van der Waals surface area contributed by atoms with Gasteiger partial charge in [0.2, 0.25) is 5.28 Å². The van der Waals surface area contributed by atoms with Crippen molar-refractivity contribution in [1.82, 2.24) is 24.4 Å². The molecular weight excluding hydrogens is 659 g/mol. The fraction of sp³-hybridized carbons (Fsp3) is 0.379. The van der Waals surface area contributed by atoms with Crippen molar-refractivity contribution in [2.45, 2.75) is 50.3 Å². The van der Waals surface area contributed by atoms with E-state index in [0.29, 0.717) is 42.5 Å². The number of benzene rings is 2. The zero-order valence-corrected chi connectivity index (χ0v) is 25.0. The molecule has 0 aliphatic carbocycles. The molecule has 4 aromatic rings. The summed E-state index contributed by atoms with van der Waals surface area (Å²) < 4.78 is 8.61. The third-order valence-corrected chi connectivity index (χ3v) is 8.63. The second kappa shape index (κ2) is 12.2. The number of nitrogens with zero attached hydrogens (tertiary/aromatic N) is 5. The van der Waals surface area contributed by atoms with Crippen molar-refractivity contribution in [1.29, 1.82) is 0 Å². The molecule has 2 fully saturated rings. The van der Waals surface area contributed by atoms with Crippen LogP contribution in [-0.4, -0.2) is 71.9 Å². The first-order valence-electron chi connectivity index (χ1n) is 13.6. The number of rotatable bonds is 7. The molecule has 0 radical (unpaired) electrons. The third kappa shape index (κ3) is 6.05. The van der Waals surface area contributed by atoms with Gasteiger partial charge in [0.1, 0.15) is 12.2 Å². The lowest BCUT2D eigenvalue weighted by Gasteiger charge is -2.34. The SMILES string of the molecule is O=C([C@H]1O[C@@H](n2cnc3c(NCc4cccc(I)c4)nc(Cl)nc32)[C@H](O)[C@@H]1O)N1CCC(Cc2ccccc2)CC1. The molecule has 3 N–H and O–H groups in total. The number of amides is 1. The molecule has 0 bridgehead atoms. The van der Waals surface area contributed by atoms with Gasteiger partial charge < -0.3 is 25.2 Å². The molecule has 214 valence electrons. The number of piperidine rings is 1. The van der Waals surface area contributed by atoms with Crippen LogP contribution in [0.2, 0.25) is 5.28 Å². The van der Waals surface area contributed by atoms with Gasteiger partial charge in [-0.15, -0.1) is 0 Å². The van der Waals surface area contributed by atoms with Crippen LogP contribution in [0.15, 0.2) is 60.9 Å². The number of ether oxygens (including phenoxy) is 1. The van der Waals surface area contributed by atoms with Crippen LogP contribution >= 0.6 is 34.2 Å². The molecule has 2 aliphatic heterocycles. The summed E-state index contributed by atoms with van der Waals surface area (Å²) in [7, 11) is 0. The number of carbonyl (C=O) groups is 1. The van der Waals surface area contributed by atoms with E-state index < -0.39 is 24.5 Å². The second-order valence-electron chi connectivity index (χ2n) is 10.5. The van der Waals surface area contributed by atoms with E-state index in [9.17, 15) is 15.0 Å². The quantitative estimate of drug-likeness (QED) is 0.198. The number of aromatic nitrogens is 4. The fourth-order valence-corrected chi connectivity index (χ4v) is 6.38. The molecule has 0 unspecified atom stereocenters. The Morgan fingerprint density at radius 2 is 1.80 bits per heavy atom. The predicted molar refractivity (Wildman–Crippen MR) is 162 cm³/mol. The molecule has 4 heterocycles. The van der Waals surface area contributed by atoms with E-state index in [1.165, 1.54) is 16.5 Å². The molecule has 2 aromatic heterocycles. The first-order valence-corrected chi connectivity index (χ1v) is 15.1. The minimum atomic E-state index is -1.40. The maximum atomic E-state index is 13.4. The summed E-state index contributed by atoms with van der Waals surface area (Å²) in [5.74, 6) is 0.593. The lowest BCUT2D eigenvalue weighted by molar-refractivity contribution is -0.150. The molecule has 0 spiro atoms. The highest BCUT2D eigenvalue weighted by Crippen LogP contribution is 2.34. The average molecular weight is 689 g/mol. The molecule has 2 aromatic carbocycles. The number of hydrogen-bond donors (Lipinski definition) is 3. The Kier molecular flexibility index (Phi) is 8.40. The van der Waals surface area contributed by atoms with Gasteiger partial charge in [0, 0.05) is 23.2 Å². The van der Waals surface area contributed by atoms with Crippen LogP contribution in [0.25, 0.3) is 11.2 Å². The Morgan fingerprint density at radius 1 is 1.05 bits per heavy atom. The van der Waals surface area contributed by atoms with Gasteiger partial charge in [-0.1, -0.05) is 42.5 Å². The van der Waals surface area contributed by atoms with E-state index in [1.54, 1.807) is 4.90 Å². The molecule has 10 nitrogen and oxygen atoms in total. The molecule has 12 heteroatoms. The molecule has 1 amide bonds. The van der Waals surface area contributed by atoms with Crippen molar-refractivity contribution < 1.29 is 19.7 Å². The average Bonchev–Trinajstić information content (AvgIpc) is 3.52. The Hall–Kier alpha value is -2.84. The number of anilines is 1. The van der Waals surface area contributed by atoms with Gasteiger partial charge in [0.15, 0.2) is 29.3 Å². The zero-order valence-electron chi connectivity index (χ0n) is 22.1. The Balaban J connectivity index is 1.14. The molecule has 0 saturated carbocycles. The number of aliphatic hydroxyl groups excluding tert-OH is 2. The van der Waals surface area contributed by atoms with Crippen LogP contribution in [0.5, 0.6) is 0 Å². The van der Waals surface area contributed by atoms with Gasteiger partial charge in [-0.25, -0.2) is 4.98 Å². The third-order valence-electron chi connectivity index (χ3n) is 7.79. The Morgan fingerprint density at radius 3 is 2.56 bits per heavy atom. The highest BCUT2D eigenvalue weighted by molar-refractivity contribution is 14.1. The highest BCUT2D eigenvalue weighted by Gasteiger charge is 2.49. The van der Waals surface area contributed by atoms with Crippen LogP contribution in [0.4, 0.5) is 5.82 Å². The van der Waals surface area contributed by atoms with Crippen LogP contribution in [0.3, 0.4) is 0 Å². The predicted octanol–water partition coefficient (Wildman–Crippen LogP) is 3.80. The summed E-state index contributed by atoms with van der Waals surface area (Å²) >= 11 is 8.51. The number of halogens is 2. The summed E-state index contributed by atoms with van der Waals surface area (Å²) in [5, 5.41) is 25.0. The van der Waals surface area contributed by atoms with Gasteiger partial charge in [0.05, 0.1) is 6.33 Å². The lowest BCUT2D eigenvalue weighted by atomic mass is 9.90. The monoisotopic (exact) mass is 688 g/mol. The number of hydrogen-bond acceptors (Lipinski definition) is 8. The fourth-order valence-electron chi connectivity index (χ4n) is 5.61. The molecule has 2 saturated heterocycles. The summed E-state index contributed by atoms with van der Waals surface area (Å²) in [4.78, 5) is 28.2. The Labute approximate surface area is 255 Å². The number of nitrogens with one attached hydrogen (secondary N) is 1. The van der Waals surface area contributed by atoms with Gasteiger partial charge in [-0.3, -0.25) is 9.36 Å². The first kappa shape index (κ1) is 28.3. The highest BCUT2D eigenvalue weighted by atomic mass is 127. The number of fused-ring (bicyclic) bond motifs is 1. The number of aliphatic hydroxyl groups is 2. The van der Waals surface area contributed by atoms with E-state index in [2.05, 4.69) is 61.1 Å². The minimum absolute atomic E-state index is 0.0107. The van der Waals surface area contributed by atoms with E-state index >= 15 is 0 Å². The number of likely N-dealkylation sites (tertiary alicyclic amines) is 1. The molecule has 2 aliphatic rings. The summed E-state index contributed by atoms with van der Waals surface area (Å²) in [6, 6.07) is 18.4. The maximum Gasteiger partial charge on any atom is 0.254 e. The summed E-state index contributed by atoms with van der Waals surface area (Å²) in [6.07, 6.45) is -0.872. The zero-order chi connectivity index (χ0) is 28.5. The largest absolute Gasteiger partial charge is 0.387 e.